The number of rotatable bonds is 8. The van der Waals surface area contributed by atoms with Crippen molar-refractivity contribution in [2.45, 2.75) is 147 Å². The highest BCUT2D eigenvalue weighted by molar-refractivity contribution is 5.94. The van der Waals surface area contributed by atoms with Gasteiger partial charge in [0.15, 0.2) is 29.4 Å². The lowest BCUT2D eigenvalue weighted by atomic mass is 9.44. The predicted octanol–water partition coefficient (Wildman–Crippen LogP) is 4.03. The molecule has 16 heteroatoms. The summed E-state index contributed by atoms with van der Waals surface area (Å²) in [7, 11) is 0. The summed E-state index contributed by atoms with van der Waals surface area (Å²) >= 11 is 0. The second-order valence-electron chi connectivity index (χ2n) is 19.2. The molecule has 1 unspecified atom stereocenters. The third-order valence-corrected chi connectivity index (χ3v) is 13.4. The summed E-state index contributed by atoms with van der Waals surface area (Å²) in [6.07, 6.45) is -12.3. The number of nitrogens with one attached hydrogen (secondary N) is 1. The first-order chi connectivity index (χ1) is 28.8. The SMILES string of the molecule is CC(=O)O[C@@]12COC1C[C@H](O)[C@@]1(C)C(=O)[C@H](O)C3=C(C)[C@@H](OC(=O)[C@H](O)[C@@H](NC(=O)OC(C)(C)C)c4ccccc4)[C@@H]4OC(C)(C)O[C@]4([C@@H](OC(=O)c4ccccc4)[C@@H]12)C3(C)C. The molecule has 7 rings (SSSR count). The van der Waals surface area contributed by atoms with Crippen LogP contribution in [0.5, 0.6) is 0 Å². The highest BCUT2D eigenvalue weighted by Crippen LogP contribution is 2.67. The number of benzene rings is 2. The summed E-state index contributed by atoms with van der Waals surface area (Å²) in [6.45, 7) is 15.4. The van der Waals surface area contributed by atoms with Crippen LogP contribution in [0.1, 0.15) is 97.6 Å². The minimum absolute atomic E-state index is 0.0278. The zero-order valence-corrected chi connectivity index (χ0v) is 36.6. The van der Waals surface area contributed by atoms with Crippen molar-refractivity contribution in [2.24, 2.45) is 16.7 Å². The molecule has 2 saturated heterocycles. The Morgan fingerprint density at radius 2 is 1.53 bits per heavy atom. The van der Waals surface area contributed by atoms with Crippen LogP contribution in [-0.2, 0) is 47.5 Å². The molecular formula is C46H57NO15. The third-order valence-electron chi connectivity index (χ3n) is 13.4. The Balaban J connectivity index is 1.44. The maximum absolute atomic E-state index is 15.3. The minimum Gasteiger partial charge on any atom is -0.455 e. The van der Waals surface area contributed by atoms with Crippen LogP contribution < -0.4 is 5.32 Å². The number of fused-ring (bicyclic) bond motifs is 4. The van der Waals surface area contributed by atoms with Crippen molar-refractivity contribution in [1.29, 1.82) is 0 Å². The van der Waals surface area contributed by atoms with E-state index in [1.54, 1.807) is 104 Å². The molecule has 336 valence electrons. The first-order valence-electron chi connectivity index (χ1n) is 20.8. The maximum atomic E-state index is 15.3. The molecule has 2 aromatic rings. The summed E-state index contributed by atoms with van der Waals surface area (Å²) in [5.41, 5.74) is -7.57. The first kappa shape index (κ1) is 45.3. The van der Waals surface area contributed by atoms with Gasteiger partial charge in [-0.25, -0.2) is 14.4 Å². The summed E-state index contributed by atoms with van der Waals surface area (Å²) in [5.74, 6) is -6.76. The smallest absolute Gasteiger partial charge is 0.408 e. The maximum Gasteiger partial charge on any atom is 0.408 e. The van der Waals surface area contributed by atoms with Crippen molar-refractivity contribution in [3.05, 3.63) is 82.9 Å². The van der Waals surface area contributed by atoms with Gasteiger partial charge in [-0.2, -0.15) is 0 Å². The average Bonchev–Trinajstić information content (AvgIpc) is 3.49. The Hall–Kier alpha value is -4.71. The Morgan fingerprint density at radius 3 is 2.10 bits per heavy atom. The van der Waals surface area contributed by atoms with Gasteiger partial charge < -0.3 is 53.8 Å². The van der Waals surface area contributed by atoms with Gasteiger partial charge in [0.1, 0.15) is 35.6 Å². The van der Waals surface area contributed by atoms with E-state index in [0.717, 1.165) is 0 Å². The molecule has 2 aliphatic heterocycles. The van der Waals surface area contributed by atoms with Crippen molar-refractivity contribution in [2.75, 3.05) is 6.61 Å². The molecule has 1 spiro atoms. The molecular weight excluding hydrogens is 806 g/mol. The summed E-state index contributed by atoms with van der Waals surface area (Å²) in [5, 5.41) is 39.0. The van der Waals surface area contributed by atoms with Gasteiger partial charge in [-0.05, 0) is 77.3 Å². The van der Waals surface area contributed by atoms with Crippen LogP contribution in [-0.4, -0.2) is 117 Å². The standard InChI is InChI=1S/C46H57NO15/c1-23-29-31(50)35(52)44(10)27(49)21-28-45(22-56-28,59-24(2)48)34(44)37(58-38(53)26-19-15-12-16-20-26)46(42(29,6)7)36(60-43(8,9)62-46)33(23)57-39(54)32(51)30(25-17-13-11-14-18-25)47-40(55)61-41(3,4)5/h11-20,27-28,30-34,36-37,49-51H,21-22H2,1-10H3,(H,47,55)/t27-,28?,30-,31+,32+,33+,34-,36-,37-,44+,45-,46+/m0/s1. The lowest BCUT2D eigenvalue weighted by Gasteiger charge is -2.68. The molecule has 0 aromatic heterocycles. The van der Waals surface area contributed by atoms with Gasteiger partial charge in [-0.1, -0.05) is 62.4 Å². The number of carbonyl (C=O) groups is 5. The van der Waals surface area contributed by atoms with Crippen molar-refractivity contribution in [3.63, 3.8) is 0 Å². The van der Waals surface area contributed by atoms with Crippen LogP contribution in [0.25, 0.3) is 0 Å². The molecule has 5 aliphatic rings. The van der Waals surface area contributed by atoms with Crippen LogP contribution >= 0.6 is 0 Å². The molecule has 4 N–H and O–H groups in total. The van der Waals surface area contributed by atoms with E-state index in [-0.39, 0.29) is 29.7 Å². The van der Waals surface area contributed by atoms with E-state index >= 15 is 4.79 Å². The van der Waals surface area contributed by atoms with Crippen LogP contribution in [0.4, 0.5) is 4.79 Å². The van der Waals surface area contributed by atoms with Gasteiger partial charge in [0.25, 0.3) is 0 Å². The van der Waals surface area contributed by atoms with Gasteiger partial charge in [0, 0.05) is 18.8 Å². The zero-order valence-electron chi connectivity index (χ0n) is 36.6. The fourth-order valence-corrected chi connectivity index (χ4v) is 10.8. The van der Waals surface area contributed by atoms with Crippen LogP contribution in [0.15, 0.2) is 71.8 Å². The quantitative estimate of drug-likeness (QED) is 0.167. The van der Waals surface area contributed by atoms with Gasteiger partial charge in [-0.3, -0.25) is 9.59 Å². The molecule has 12 atom stereocenters. The normalized spacial score (nSPS) is 35.2. The van der Waals surface area contributed by atoms with Gasteiger partial charge in [0.2, 0.25) is 0 Å². The third kappa shape index (κ3) is 7.12. The van der Waals surface area contributed by atoms with E-state index in [9.17, 15) is 34.5 Å². The highest BCUT2D eigenvalue weighted by Gasteiger charge is 2.82. The fourth-order valence-electron chi connectivity index (χ4n) is 10.8. The number of hydrogen-bond donors (Lipinski definition) is 4. The predicted molar refractivity (Wildman–Crippen MR) is 217 cm³/mol. The largest absolute Gasteiger partial charge is 0.455 e. The summed E-state index contributed by atoms with van der Waals surface area (Å²) < 4.78 is 44.3. The van der Waals surface area contributed by atoms with Gasteiger partial charge in [0.05, 0.1) is 35.6 Å². The second-order valence-corrected chi connectivity index (χ2v) is 19.2. The van der Waals surface area contributed by atoms with E-state index < -0.39 is 118 Å². The fraction of sp³-hybridized carbons (Fsp3) is 0.587. The molecule has 3 aliphatic carbocycles. The van der Waals surface area contributed by atoms with Gasteiger partial charge in [-0.15, -0.1) is 0 Å². The second kappa shape index (κ2) is 15.5. The lowest BCUT2D eigenvalue weighted by molar-refractivity contribution is -0.349. The first-order valence-corrected chi connectivity index (χ1v) is 20.8. The number of ketones is 1. The van der Waals surface area contributed by atoms with Crippen molar-refractivity contribution >= 4 is 29.8 Å². The van der Waals surface area contributed by atoms with Crippen molar-refractivity contribution < 1.29 is 72.5 Å². The topological polar surface area (TPSA) is 223 Å². The van der Waals surface area contributed by atoms with E-state index in [1.807, 2.05) is 0 Å². The highest BCUT2D eigenvalue weighted by atomic mass is 16.8. The van der Waals surface area contributed by atoms with E-state index in [2.05, 4.69) is 5.32 Å². The molecule has 0 radical (unpaired) electrons. The Morgan fingerprint density at radius 1 is 0.919 bits per heavy atom. The zero-order chi connectivity index (χ0) is 45.5. The van der Waals surface area contributed by atoms with Crippen LogP contribution in [0.2, 0.25) is 0 Å². The summed E-state index contributed by atoms with van der Waals surface area (Å²) in [4.78, 5) is 70.5. The Bertz CT molecular complexity index is 2150. The number of esters is 3. The van der Waals surface area contributed by atoms with Crippen molar-refractivity contribution in [3.8, 4) is 0 Å². The number of aliphatic hydroxyl groups is 3. The van der Waals surface area contributed by atoms with Gasteiger partial charge >= 0.3 is 24.0 Å². The van der Waals surface area contributed by atoms with Crippen LogP contribution in [0.3, 0.4) is 0 Å². The van der Waals surface area contributed by atoms with Crippen molar-refractivity contribution in [1.82, 2.24) is 5.32 Å². The number of Topliss-reactive ketones (excluding diaryl/α,β-unsaturated/α-hetero) is 1. The molecule has 2 bridgehead atoms. The number of ether oxygens (including phenoxy) is 7. The molecule has 2 heterocycles. The molecule has 16 nitrogen and oxygen atoms in total. The van der Waals surface area contributed by atoms with E-state index in [1.165, 1.54) is 26.0 Å². The number of hydrogen-bond acceptors (Lipinski definition) is 15. The van der Waals surface area contributed by atoms with E-state index in [4.69, 9.17) is 33.2 Å². The molecule has 4 fully saturated rings. The summed E-state index contributed by atoms with van der Waals surface area (Å²) in [6, 6.07) is 14.9. The number of carbonyl (C=O) groups excluding carboxylic acids is 5. The average molecular weight is 864 g/mol. The number of alkyl carbamates (subject to hydrolysis) is 1. The Kier molecular flexibility index (Phi) is 11.3. The molecule has 2 aromatic carbocycles. The Labute approximate surface area is 360 Å². The monoisotopic (exact) mass is 863 g/mol. The number of amides is 1. The van der Waals surface area contributed by atoms with Crippen LogP contribution in [0, 0.1) is 16.7 Å². The molecule has 1 amide bonds. The molecule has 62 heavy (non-hydrogen) atoms. The molecule has 2 saturated carbocycles. The van der Waals surface area contributed by atoms with E-state index in [0.29, 0.717) is 5.56 Å². The minimum atomic E-state index is -2.07. The lowest BCUT2D eigenvalue weighted by Crippen LogP contribution is -2.83. The number of aliphatic hydroxyl groups excluding tert-OH is 3.